The van der Waals surface area contributed by atoms with Crippen LogP contribution in [0.15, 0.2) is 107 Å². The highest BCUT2D eigenvalue weighted by molar-refractivity contribution is 7.13. The van der Waals surface area contributed by atoms with E-state index in [9.17, 15) is 24.6 Å². The molecule has 0 unspecified atom stereocenters. The van der Waals surface area contributed by atoms with Crippen molar-refractivity contribution >= 4 is 35.3 Å². The molecule has 1 aromatic heterocycles. The smallest absolute Gasteiger partial charge is 0.278 e. The van der Waals surface area contributed by atoms with Crippen molar-refractivity contribution in [3.63, 3.8) is 0 Å². The monoisotopic (exact) mass is 645 g/mol. The highest BCUT2D eigenvalue weighted by atomic mass is 32.1. The van der Waals surface area contributed by atoms with Gasteiger partial charge >= 0.3 is 0 Å². The first-order valence-electron chi connectivity index (χ1n) is 15.7. The van der Waals surface area contributed by atoms with Crippen LogP contribution in [0.4, 0.5) is 14.5 Å². The van der Waals surface area contributed by atoms with E-state index >= 15 is 0 Å². The number of unbranched alkanes of at least 4 members (excludes halogenated alkanes) is 2. The maximum Gasteiger partial charge on any atom is 0.278 e. The van der Waals surface area contributed by atoms with Crippen LogP contribution in [0, 0.1) is 34.0 Å². The third kappa shape index (κ3) is 9.17. The predicted molar refractivity (Wildman–Crippen MR) is 188 cm³/mol. The first-order valence-corrected chi connectivity index (χ1v) is 16.5. The van der Waals surface area contributed by atoms with Crippen molar-refractivity contribution in [2.45, 2.75) is 52.5 Å². The van der Waals surface area contributed by atoms with Crippen LogP contribution in [0.5, 0.6) is 0 Å². The lowest BCUT2D eigenvalue weighted by Crippen LogP contribution is -2.30. The van der Waals surface area contributed by atoms with Crippen LogP contribution in [-0.2, 0) is 6.54 Å². The molecule has 4 rings (SSSR count). The highest BCUT2D eigenvalue weighted by Gasteiger charge is 2.32. The van der Waals surface area contributed by atoms with Crippen LogP contribution in [0.25, 0.3) is 18.2 Å². The molecule has 2 heterocycles. The molecular formula is C39H37F2N5S. The minimum absolute atomic E-state index is 0.0113. The molecule has 0 radical (unpaired) electrons. The summed E-state index contributed by atoms with van der Waals surface area (Å²) in [5.74, 6) is 0. The standard InChI is InChI=1S/C39H37F2N5S/c1-3-5-22-45(23-6-4-2)33-16-12-29(13-17-33)14-18-34-20-21-35(47-34)19-15-31-24-37(39(40)41)46(28-30-10-8-7-9-11-30)38(36(31)27-44)32(25-42)26-43/h7-21,24,39H,3-6,22-23,28H2,1-2H3. The molecule has 0 saturated heterocycles. The van der Waals surface area contributed by atoms with Gasteiger partial charge in [-0.05, 0) is 72.0 Å². The Morgan fingerprint density at radius 1 is 0.830 bits per heavy atom. The van der Waals surface area contributed by atoms with Gasteiger partial charge in [-0.25, -0.2) is 8.78 Å². The van der Waals surface area contributed by atoms with Crippen LogP contribution < -0.4 is 4.90 Å². The maximum atomic E-state index is 14.4. The second kappa shape index (κ2) is 17.5. The fourth-order valence-electron chi connectivity index (χ4n) is 5.23. The number of alkyl halides is 2. The van der Waals surface area contributed by atoms with Crippen molar-refractivity contribution in [1.82, 2.24) is 4.90 Å². The van der Waals surface area contributed by atoms with Crippen LogP contribution in [0.2, 0.25) is 0 Å². The first-order chi connectivity index (χ1) is 22.9. The number of halogens is 2. The third-order valence-corrected chi connectivity index (χ3v) is 8.74. The van der Waals surface area contributed by atoms with E-state index in [1.807, 2.05) is 18.2 Å². The van der Waals surface area contributed by atoms with Crippen LogP contribution >= 0.6 is 11.3 Å². The van der Waals surface area contributed by atoms with E-state index in [2.05, 4.69) is 55.2 Å². The minimum Gasteiger partial charge on any atom is -0.372 e. The van der Waals surface area contributed by atoms with E-state index in [0.717, 1.165) is 28.4 Å². The molecule has 0 bridgehead atoms. The van der Waals surface area contributed by atoms with Crippen molar-refractivity contribution in [3.05, 3.63) is 128 Å². The SMILES string of the molecule is CCCCN(CCCC)c1ccc(C=Cc2ccc(C=CC3=C(C#N)C(=C(C#N)C#N)N(Cc4ccccc4)C(C(F)F)=C3)s2)cc1. The zero-order chi connectivity index (χ0) is 33.6. The van der Waals surface area contributed by atoms with Gasteiger partial charge in [0.05, 0.1) is 17.0 Å². The number of nitrogens with zero attached hydrogens (tertiary/aromatic N) is 5. The number of rotatable bonds is 14. The topological polar surface area (TPSA) is 77.8 Å². The fraction of sp³-hybridized carbons (Fsp3) is 0.256. The van der Waals surface area contributed by atoms with Gasteiger partial charge in [0.2, 0.25) is 0 Å². The first kappa shape index (κ1) is 34.6. The zero-order valence-corrected chi connectivity index (χ0v) is 27.5. The van der Waals surface area contributed by atoms with Gasteiger partial charge < -0.3 is 9.80 Å². The van der Waals surface area contributed by atoms with Crippen LogP contribution in [0.1, 0.15) is 60.4 Å². The maximum absolute atomic E-state index is 14.4. The molecule has 238 valence electrons. The Bertz CT molecular complexity index is 1770. The summed E-state index contributed by atoms with van der Waals surface area (Å²) in [5, 5.41) is 29.6. The summed E-state index contributed by atoms with van der Waals surface area (Å²) in [6.45, 7) is 6.52. The van der Waals surface area contributed by atoms with Gasteiger partial charge in [0, 0.05) is 35.1 Å². The summed E-state index contributed by atoms with van der Waals surface area (Å²) >= 11 is 1.52. The lowest BCUT2D eigenvalue weighted by atomic mass is 9.95. The van der Waals surface area contributed by atoms with Crippen LogP contribution in [-0.4, -0.2) is 24.4 Å². The van der Waals surface area contributed by atoms with Gasteiger partial charge in [-0.1, -0.05) is 81.3 Å². The molecule has 47 heavy (non-hydrogen) atoms. The molecule has 0 fully saturated rings. The molecule has 1 aliphatic heterocycles. The summed E-state index contributed by atoms with van der Waals surface area (Å²) < 4.78 is 28.9. The molecule has 0 N–H and O–H groups in total. The molecule has 0 spiro atoms. The van der Waals surface area contributed by atoms with E-state index in [4.69, 9.17) is 0 Å². The van der Waals surface area contributed by atoms with Crippen molar-refractivity contribution in [1.29, 1.82) is 15.8 Å². The van der Waals surface area contributed by atoms with Crippen molar-refractivity contribution in [2.75, 3.05) is 18.0 Å². The van der Waals surface area contributed by atoms with Gasteiger partial charge in [-0.15, -0.1) is 11.3 Å². The van der Waals surface area contributed by atoms with Gasteiger partial charge in [-0.2, -0.15) is 15.8 Å². The summed E-state index contributed by atoms with van der Waals surface area (Å²) in [5.41, 5.74) is 2.32. The molecule has 5 nitrogen and oxygen atoms in total. The Kier molecular flexibility index (Phi) is 12.9. The summed E-state index contributed by atoms with van der Waals surface area (Å²) in [7, 11) is 0. The molecule has 2 aromatic carbocycles. The number of benzene rings is 2. The van der Waals surface area contributed by atoms with Crippen molar-refractivity contribution < 1.29 is 8.78 Å². The largest absolute Gasteiger partial charge is 0.372 e. The van der Waals surface area contributed by atoms with Gasteiger partial charge in [0.25, 0.3) is 6.43 Å². The predicted octanol–water partition coefficient (Wildman–Crippen LogP) is 10.1. The third-order valence-electron chi connectivity index (χ3n) is 7.73. The van der Waals surface area contributed by atoms with E-state index < -0.39 is 12.0 Å². The van der Waals surface area contributed by atoms with Gasteiger partial charge in [0.1, 0.15) is 18.2 Å². The Hall–Kier alpha value is -5.23. The summed E-state index contributed by atoms with van der Waals surface area (Å²) in [6.07, 6.45) is 10.5. The van der Waals surface area contributed by atoms with Gasteiger partial charge in [-0.3, -0.25) is 0 Å². The Balaban J connectivity index is 1.57. The zero-order valence-electron chi connectivity index (χ0n) is 26.7. The van der Waals surface area contributed by atoms with Crippen molar-refractivity contribution in [2.24, 2.45) is 0 Å². The van der Waals surface area contributed by atoms with Crippen LogP contribution in [0.3, 0.4) is 0 Å². The average Bonchev–Trinajstić information content (AvgIpc) is 3.56. The Morgan fingerprint density at radius 3 is 2.00 bits per heavy atom. The normalized spacial score (nSPS) is 13.2. The van der Waals surface area contributed by atoms with Crippen molar-refractivity contribution in [3.8, 4) is 18.2 Å². The molecule has 0 aliphatic carbocycles. The molecule has 3 aromatic rings. The Morgan fingerprint density at radius 2 is 1.45 bits per heavy atom. The van der Waals surface area contributed by atoms with E-state index in [1.54, 1.807) is 54.6 Å². The lowest BCUT2D eigenvalue weighted by Gasteiger charge is -2.33. The number of thiophene rings is 1. The summed E-state index contributed by atoms with van der Waals surface area (Å²) in [6, 6.07) is 27.0. The van der Waals surface area contributed by atoms with E-state index in [0.29, 0.717) is 5.56 Å². The molecule has 1 aliphatic rings. The number of allylic oxidation sites excluding steroid dienone is 6. The average molecular weight is 646 g/mol. The highest BCUT2D eigenvalue weighted by Crippen LogP contribution is 2.36. The minimum atomic E-state index is -2.90. The summed E-state index contributed by atoms with van der Waals surface area (Å²) in [4.78, 5) is 5.52. The number of hydrogen-bond acceptors (Lipinski definition) is 6. The second-order valence-electron chi connectivity index (χ2n) is 11.0. The number of anilines is 1. The second-order valence-corrected chi connectivity index (χ2v) is 12.2. The van der Waals surface area contributed by atoms with Gasteiger partial charge in [0.15, 0.2) is 5.57 Å². The quantitative estimate of drug-likeness (QED) is 0.163. The Labute approximate surface area is 280 Å². The van der Waals surface area contributed by atoms with E-state index in [1.165, 1.54) is 53.7 Å². The number of nitriles is 3. The fourth-order valence-corrected chi connectivity index (χ4v) is 6.05. The lowest BCUT2D eigenvalue weighted by molar-refractivity contribution is 0.148. The molecule has 0 saturated carbocycles. The molecule has 0 amide bonds. The molecule has 0 atom stereocenters. The van der Waals surface area contributed by atoms with E-state index in [-0.39, 0.29) is 29.1 Å². The number of hydrogen-bond donors (Lipinski definition) is 0. The molecule has 8 heteroatoms. The molecular weight excluding hydrogens is 609 g/mol.